The molecule has 1 aromatic carbocycles. The summed E-state index contributed by atoms with van der Waals surface area (Å²) in [7, 11) is 1.56. The quantitative estimate of drug-likeness (QED) is 0.641. The molecule has 0 amide bonds. The molecule has 2 rings (SSSR count). The lowest BCUT2D eigenvalue weighted by molar-refractivity contribution is -0.386. The lowest BCUT2D eigenvalue weighted by Crippen LogP contribution is -2.22. The minimum atomic E-state index is -0.737. The average molecular weight is 295 g/mol. The fourth-order valence-electron chi connectivity index (χ4n) is 1.76. The van der Waals surface area contributed by atoms with E-state index in [2.05, 4.69) is 0 Å². The minimum Gasteiger partial charge on any atom is -0.497 e. The highest BCUT2D eigenvalue weighted by Gasteiger charge is 2.16. The molecule has 1 heterocycles. The number of pyridine rings is 1. The summed E-state index contributed by atoms with van der Waals surface area (Å²) in [5.41, 5.74) is -0.411. The van der Waals surface area contributed by atoms with E-state index < -0.39 is 16.2 Å². The van der Waals surface area contributed by atoms with E-state index in [0.29, 0.717) is 5.75 Å². The third-order valence-corrected chi connectivity index (χ3v) is 2.95. The molecule has 0 unspecified atom stereocenters. The van der Waals surface area contributed by atoms with Gasteiger partial charge in [-0.25, -0.2) is 0 Å². The molecule has 0 spiro atoms. The molecule has 2 aromatic rings. The Morgan fingerprint density at radius 3 is 2.55 bits per heavy atom. The maximum absolute atomic E-state index is 11.9. The lowest BCUT2D eigenvalue weighted by Gasteiger charge is -2.07. The largest absolute Gasteiger partial charge is 0.497 e. The van der Waals surface area contributed by atoms with Crippen LogP contribution in [0.25, 0.3) is 0 Å². The molecule has 0 N–H and O–H groups in total. The first kappa shape index (κ1) is 14.1. The third-order valence-electron chi connectivity index (χ3n) is 2.74. The summed E-state index contributed by atoms with van der Waals surface area (Å²) < 4.78 is 6.24. The van der Waals surface area contributed by atoms with Crippen LogP contribution in [0.1, 0.15) is 5.56 Å². The van der Waals surface area contributed by atoms with Crippen molar-refractivity contribution in [3.63, 3.8) is 0 Å². The van der Waals surface area contributed by atoms with Crippen LogP contribution < -0.4 is 10.3 Å². The number of benzene rings is 1. The molecule has 0 atom stereocenters. The van der Waals surface area contributed by atoms with Crippen molar-refractivity contribution in [1.82, 2.24) is 4.57 Å². The maximum atomic E-state index is 11.9. The van der Waals surface area contributed by atoms with Gasteiger partial charge in [-0.1, -0.05) is 23.7 Å². The van der Waals surface area contributed by atoms with Gasteiger partial charge in [-0.3, -0.25) is 14.9 Å². The summed E-state index contributed by atoms with van der Waals surface area (Å²) in [6.45, 7) is 0.199. The van der Waals surface area contributed by atoms with E-state index in [1.54, 1.807) is 31.4 Å². The number of hydrogen-bond donors (Lipinski definition) is 0. The van der Waals surface area contributed by atoms with Crippen LogP contribution in [0.3, 0.4) is 0 Å². The topological polar surface area (TPSA) is 74.4 Å². The highest BCUT2D eigenvalue weighted by atomic mass is 35.5. The molecule has 6 nitrogen and oxygen atoms in total. The second-order valence-corrected chi connectivity index (χ2v) is 4.52. The van der Waals surface area contributed by atoms with Gasteiger partial charge in [0.2, 0.25) is 0 Å². The molecule has 0 aliphatic carbocycles. The summed E-state index contributed by atoms with van der Waals surface area (Å²) in [5, 5.41) is 10.9. The molecule has 0 bridgehead atoms. The predicted molar refractivity (Wildman–Crippen MR) is 74.5 cm³/mol. The maximum Gasteiger partial charge on any atom is 0.335 e. The van der Waals surface area contributed by atoms with Crippen molar-refractivity contribution in [3.05, 3.63) is 67.6 Å². The van der Waals surface area contributed by atoms with Crippen LogP contribution >= 0.6 is 11.6 Å². The molecule has 0 saturated carbocycles. The Bertz CT molecular complexity index is 695. The van der Waals surface area contributed by atoms with Gasteiger partial charge in [-0.2, -0.15) is 0 Å². The Labute approximate surface area is 119 Å². The number of nitrogens with zero attached hydrogens (tertiary/aromatic N) is 2. The molecule has 0 aliphatic rings. The molecular formula is C13H11ClN2O4. The first-order chi connectivity index (χ1) is 9.51. The van der Waals surface area contributed by atoms with E-state index in [1.165, 1.54) is 10.8 Å². The highest BCUT2D eigenvalue weighted by molar-refractivity contribution is 6.30. The van der Waals surface area contributed by atoms with Crippen LogP contribution in [0.5, 0.6) is 5.75 Å². The number of aromatic nitrogens is 1. The molecule has 0 radical (unpaired) electrons. The van der Waals surface area contributed by atoms with Crippen molar-refractivity contribution in [2.24, 2.45) is 0 Å². The zero-order chi connectivity index (χ0) is 14.7. The second kappa shape index (κ2) is 5.75. The van der Waals surface area contributed by atoms with Crippen molar-refractivity contribution in [2.75, 3.05) is 7.11 Å². The van der Waals surface area contributed by atoms with Crippen molar-refractivity contribution in [2.45, 2.75) is 6.54 Å². The lowest BCUT2D eigenvalue weighted by atomic mass is 10.2. The van der Waals surface area contributed by atoms with E-state index >= 15 is 0 Å². The standard InChI is InChI=1S/C13H11ClN2O4/c1-20-11-4-2-9(3-5-11)7-15-8-10(14)6-12(13(15)17)16(18)19/h2-6,8H,7H2,1H3. The Morgan fingerprint density at radius 2 is 2.00 bits per heavy atom. The van der Waals surface area contributed by atoms with Gasteiger partial charge in [-0.05, 0) is 17.7 Å². The van der Waals surface area contributed by atoms with Crippen LogP contribution in [0.15, 0.2) is 41.3 Å². The number of nitro groups is 1. The van der Waals surface area contributed by atoms with E-state index in [9.17, 15) is 14.9 Å². The zero-order valence-electron chi connectivity index (χ0n) is 10.6. The molecular weight excluding hydrogens is 284 g/mol. The number of rotatable bonds is 4. The smallest absolute Gasteiger partial charge is 0.335 e. The fraction of sp³-hybridized carbons (Fsp3) is 0.154. The van der Waals surface area contributed by atoms with Crippen molar-refractivity contribution in [1.29, 1.82) is 0 Å². The number of ether oxygens (including phenoxy) is 1. The Kier molecular flexibility index (Phi) is 4.05. The van der Waals surface area contributed by atoms with Gasteiger partial charge in [0.25, 0.3) is 0 Å². The molecule has 1 aromatic heterocycles. The molecule has 0 fully saturated rings. The Balaban J connectivity index is 2.37. The Hall–Kier alpha value is -2.34. The summed E-state index contributed by atoms with van der Waals surface area (Å²) in [6.07, 6.45) is 1.38. The van der Waals surface area contributed by atoms with Gasteiger partial charge in [0.15, 0.2) is 0 Å². The summed E-state index contributed by atoms with van der Waals surface area (Å²) in [6, 6.07) is 8.10. The van der Waals surface area contributed by atoms with Crippen LogP contribution in [-0.2, 0) is 6.54 Å². The molecule has 104 valence electrons. The Morgan fingerprint density at radius 1 is 1.35 bits per heavy atom. The van der Waals surface area contributed by atoms with Gasteiger partial charge in [-0.15, -0.1) is 0 Å². The monoisotopic (exact) mass is 294 g/mol. The zero-order valence-corrected chi connectivity index (χ0v) is 11.3. The van der Waals surface area contributed by atoms with Crippen LogP contribution in [-0.4, -0.2) is 16.6 Å². The van der Waals surface area contributed by atoms with Crippen molar-refractivity contribution < 1.29 is 9.66 Å². The summed E-state index contributed by atoms with van der Waals surface area (Å²) >= 11 is 5.80. The third kappa shape index (κ3) is 2.97. The summed E-state index contributed by atoms with van der Waals surface area (Å²) in [5.74, 6) is 0.693. The second-order valence-electron chi connectivity index (χ2n) is 4.08. The predicted octanol–water partition coefficient (Wildman–Crippen LogP) is 2.47. The first-order valence-electron chi connectivity index (χ1n) is 5.68. The average Bonchev–Trinajstić information content (AvgIpc) is 2.43. The van der Waals surface area contributed by atoms with Gasteiger partial charge in [0.05, 0.1) is 23.6 Å². The molecule has 0 aliphatic heterocycles. The van der Waals surface area contributed by atoms with E-state index in [1.807, 2.05) is 0 Å². The minimum absolute atomic E-state index is 0.143. The van der Waals surface area contributed by atoms with Crippen LogP contribution in [0.2, 0.25) is 5.02 Å². The number of halogens is 1. The van der Waals surface area contributed by atoms with E-state index in [4.69, 9.17) is 16.3 Å². The van der Waals surface area contributed by atoms with E-state index in [-0.39, 0.29) is 11.6 Å². The van der Waals surface area contributed by atoms with Gasteiger partial charge >= 0.3 is 11.2 Å². The van der Waals surface area contributed by atoms with Gasteiger partial charge in [0.1, 0.15) is 5.75 Å². The van der Waals surface area contributed by atoms with Crippen LogP contribution in [0, 0.1) is 10.1 Å². The molecule has 0 saturated heterocycles. The first-order valence-corrected chi connectivity index (χ1v) is 6.06. The van der Waals surface area contributed by atoms with Gasteiger partial charge < -0.3 is 9.30 Å². The van der Waals surface area contributed by atoms with Crippen molar-refractivity contribution in [3.8, 4) is 5.75 Å². The van der Waals surface area contributed by atoms with E-state index in [0.717, 1.165) is 11.6 Å². The van der Waals surface area contributed by atoms with Gasteiger partial charge in [0, 0.05) is 12.3 Å². The normalized spacial score (nSPS) is 10.3. The molecule has 20 heavy (non-hydrogen) atoms. The number of methoxy groups -OCH3 is 1. The van der Waals surface area contributed by atoms with Crippen molar-refractivity contribution >= 4 is 17.3 Å². The number of hydrogen-bond acceptors (Lipinski definition) is 4. The SMILES string of the molecule is COc1ccc(Cn2cc(Cl)cc([N+](=O)[O-])c2=O)cc1. The summed E-state index contributed by atoms with van der Waals surface area (Å²) in [4.78, 5) is 22.0. The van der Waals surface area contributed by atoms with Crippen LogP contribution in [0.4, 0.5) is 5.69 Å². The molecule has 7 heteroatoms. The fourth-order valence-corrected chi connectivity index (χ4v) is 1.98. The highest BCUT2D eigenvalue weighted by Crippen LogP contribution is 2.15.